The number of nitrogens with zero attached hydrogens (tertiary/aromatic N) is 1. The Hall–Kier alpha value is -0.370. The molecule has 74 valence electrons. The van der Waals surface area contributed by atoms with Crippen LogP contribution in [0, 0.1) is 0 Å². The molecule has 0 amide bonds. The van der Waals surface area contributed by atoms with Crippen LogP contribution in [0.3, 0.4) is 0 Å². The van der Waals surface area contributed by atoms with Gasteiger partial charge in [-0.25, -0.2) is 0 Å². The van der Waals surface area contributed by atoms with Crippen molar-refractivity contribution in [1.29, 1.82) is 0 Å². The average molecular weight is 173 g/mol. The predicted molar refractivity (Wildman–Crippen MR) is 54.4 cm³/mol. The summed E-state index contributed by atoms with van der Waals surface area (Å²) in [7, 11) is 1.99. The van der Waals surface area contributed by atoms with Gasteiger partial charge in [-0.15, -0.1) is 0 Å². The van der Waals surface area contributed by atoms with Gasteiger partial charge in [0.15, 0.2) is 0 Å². The molecule has 0 aliphatic carbocycles. The summed E-state index contributed by atoms with van der Waals surface area (Å²) in [5, 5.41) is 0. The zero-order valence-electron chi connectivity index (χ0n) is 9.13. The third kappa shape index (κ3) is 5.30. The molecule has 0 N–H and O–H groups in total. The Morgan fingerprint density at radius 2 is 1.75 bits per heavy atom. The molecule has 0 saturated carbocycles. The number of likely N-dealkylation sites (tertiary alicyclic amines) is 1. The monoisotopic (exact) mass is 173 g/mol. The largest absolute Gasteiger partial charge is 0.302 e. The van der Waals surface area contributed by atoms with Crippen LogP contribution in [0.2, 0.25) is 0 Å². The Morgan fingerprint density at radius 3 is 1.92 bits per heavy atom. The maximum absolute atomic E-state index is 10.2. The van der Waals surface area contributed by atoms with Gasteiger partial charge in [0.1, 0.15) is 6.29 Å². The number of carbonyl (C=O) groups excluding carboxylic acids is 1. The lowest BCUT2D eigenvalue weighted by molar-refractivity contribution is -0.111. The Kier molecular flexibility index (Phi) is 12.6. The van der Waals surface area contributed by atoms with Crippen molar-refractivity contribution in [1.82, 2.24) is 4.90 Å². The SMILES string of the molecule is CC.CC.CN1CCCC1C=O. The summed E-state index contributed by atoms with van der Waals surface area (Å²) < 4.78 is 0. The Labute approximate surface area is 77.0 Å². The van der Waals surface area contributed by atoms with Crippen molar-refractivity contribution < 1.29 is 4.79 Å². The number of hydrogen-bond acceptors (Lipinski definition) is 2. The summed E-state index contributed by atoms with van der Waals surface area (Å²) in [6, 6.07) is 0.218. The molecule has 2 heteroatoms. The molecule has 1 unspecified atom stereocenters. The fourth-order valence-corrected chi connectivity index (χ4v) is 1.11. The van der Waals surface area contributed by atoms with E-state index in [1.807, 2.05) is 34.7 Å². The number of carbonyl (C=O) groups is 1. The minimum atomic E-state index is 0.218. The molecular formula is C10H23NO. The van der Waals surface area contributed by atoms with Gasteiger partial charge in [-0.1, -0.05) is 27.7 Å². The standard InChI is InChI=1S/C6H11NO.2C2H6/c1-7-4-2-3-6(7)5-8;2*1-2/h5-6H,2-4H2,1H3;2*1-2H3. The van der Waals surface area contributed by atoms with Gasteiger partial charge in [0, 0.05) is 0 Å². The third-order valence-corrected chi connectivity index (χ3v) is 1.73. The number of hydrogen-bond donors (Lipinski definition) is 0. The zero-order valence-corrected chi connectivity index (χ0v) is 9.13. The molecule has 1 aliphatic heterocycles. The van der Waals surface area contributed by atoms with E-state index in [2.05, 4.69) is 4.90 Å². The van der Waals surface area contributed by atoms with E-state index >= 15 is 0 Å². The molecule has 1 saturated heterocycles. The molecule has 1 atom stereocenters. The van der Waals surface area contributed by atoms with Gasteiger partial charge in [0.2, 0.25) is 0 Å². The van der Waals surface area contributed by atoms with Crippen LogP contribution in [-0.2, 0) is 4.79 Å². The molecule has 0 aromatic heterocycles. The second-order valence-electron chi connectivity index (χ2n) is 2.33. The smallest absolute Gasteiger partial charge is 0.137 e. The first-order valence-corrected chi connectivity index (χ1v) is 5.00. The van der Waals surface area contributed by atoms with Crippen LogP contribution >= 0.6 is 0 Å². The second kappa shape index (κ2) is 10.6. The summed E-state index contributed by atoms with van der Waals surface area (Å²) in [6.45, 7) is 9.09. The van der Waals surface area contributed by atoms with Crippen molar-refractivity contribution in [2.75, 3.05) is 13.6 Å². The van der Waals surface area contributed by atoms with Crippen molar-refractivity contribution in [2.24, 2.45) is 0 Å². The predicted octanol–water partition coefficient (Wildman–Crippen LogP) is 2.33. The van der Waals surface area contributed by atoms with E-state index in [1.54, 1.807) is 0 Å². The highest BCUT2D eigenvalue weighted by Gasteiger charge is 2.18. The Balaban J connectivity index is 0. The molecule has 0 spiro atoms. The minimum absolute atomic E-state index is 0.218. The van der Waals surface area contributed by atoms with Gasteiger partial charge in [-0.2, -0.15) is 0 Å². The summed E-state index contributed by atoms with van der Waals surface area (Å²) in [6.07, 6.45) is 3.27. The van der Waals surface area contributed by atoms with Crippen LogP contribution in [-0.4, -0.2) is 30.8 Å². The Morgan fingerprint density at radius 1 is 1.25 bits per heavy atom. The fourth-order valence-electron chi connectivity index (χ4n) is 1.11. The molecule has 1 aliphatic rings. The van der Waals surface area contributed by atoms with Crippen LogP contribution in [0.15, 0.2) is 0 Å². The van der Waals surface area contributed by atoms with Gasteiger partial charge in [-0.3, -0.25) is 4.90 Å². The van der Waals surface area contributed by atoms with Gasteiger partial charge in [0.05, 0.1) is 6.04 Å². The summed E-state index contributed by atoms with van der Waals surface area (Å²) in [4.78, 5) is 12.3. The topological polar surface area (TPSA) is 20.3 Å². The average Bonchev–Trinajstić information content (AvgIpc) is 2.58. The number of likely N-dealkylation sites (N-methyl/N-ethyl adjacent to an activating group) is 1. The van der Waals surface area contributed by atoms with E-state index in [0.717, 1.165) is 19.3 Å². The summed E-state index contributed by atoms with van der Waals surface area (Å²) >= 11 is 0. The summed E-state index contributed by atoms with van der Waals surface area (Å²) in [5.74, 6) is 0. The maximum Gasteiger partial charge on any atom is 0.137 e. The van der Waals surface area contributed by atoms with Crippen LogP contribution in [0.1, 0.15) is 40.5 Å². The maximum atomic E-state index is 10.2. The van der Waals surface area contributed by atoms with E-state index in [9.17, 15) is 4.79 Å². The number of rotatable bonds is 1. The van der Waals surface area contributed by atoms with Crippen molar-refractivity contribution in [3.05, 3.63) is 0 Å². The first kappa shape index (κ1) is 14.2. The lowest BCUT2D eigenvalue weighted by atomic mass is 10.2. The van der Waals surface area contributed by atoms with Gasteiger partial charge in [-0.05, 0) is 26.4 Å². The van der Waals surface area contributed by atoms with E-state index in [-0.39, 0.29) is 6.04 Å². The lowest BCUT2D eigenvalue weighted by Crippen LogP contribution is -2.25. The van der Waals surface area contributed by atoms with Crippen molar-refractivity contribution in [3.8, 4) is 0 Å². The molecule has 1 rings (SSSR count). The van der Waals surface area contributed by atoms with Crippen LogP contribution in [0.5, 0.6) is 0 Å². The molecule has 12 heavy (non-hydrogen) atoms. The third-order valence-electron chi connectivity index (χ3n) is 1.73. The quantitative estimate of drug-likeness (QED) is 0.567. The molecule has 0 bridgehead atoms. The first-order chi connectivity index (χ1) is 5.84. The van der Waals surface area contributed by atoms with Crippen molar-refractivity contribution >= 4 is 6.29 Å². The van der Waals surface area contributed by atoms with E-state index < -0.39 is 0 Å². The molecule has 0 aromatic rings. The number of aldehydes is 1. The molecular weight excluding hydrogens is 150 g/mol. The molecule has 0 radical (unpaired) electrons. The second-order valence-corrected chi connectivity index (χ2v) is 2.33. The van der Waals surface area contributed by atoms with Crippen LogP contribution in [0.25, 0.3) is 0 Å². The highest BCUT2D eigenvalue weighted by atomic mass is 16.1. The highest BCUT2D eigenvalue weighted by molar-refractivity contribution is 5.57. The molecule has 1 heterocycles. The van der Waals surface area contributed by atoms with E-state index in [4.69, 9.17) is 0 Å². The van der Waals surface area contributed by atoms with Gasteiger partial charge >= 0.3 is 0 Å². The molecule has 2 nitrogen and oxygen atoms in total. The van der Waals surface area contributed by atoms with E-state index in [0.29, 0.717) is 0 Å². The molecule has 1 fully saturated rings. The summed E-state index contributed by atoms with van der Waals surface area (Å²) in [5.41, 5.74) is 0. The van der Waals surface area contributed by atoms with Crippen LogP contribution in [0.4, 0.5) is 0 Å². The minimum Gasteiger partial charge on any atom is -0.302 e. The lowest BCUT2D eigenvalue weighted by Gasteiger charge is -2.10. The van der Waals surface area contributed by atoms with Crippen molar-refractivity contribution in [2.45, 2.75) is 46.6 Å². The first-order valence-electron chi connectivity index (χ1n) is 5.00. The highest BCUT2D eigenvalue weighted by Crippen LogP contribution is 2.11. The van der Waals surface area contributed by atoms with E-state index in [1.165, 1.54) is 6.42 Å². The van der Waals surface area contributed by atoms with Gasteiger partial charge in [0.25, 0.3) is 0 Å². The Bertz CT molecular complexity index is 93.8. The van der Waals surface area contributed by atoms with Crippen molar-refractivity contribution in [3.63, 3.8) is 0 Å². The normalized spacial score (nSPS) is 21.6. The fraction of sp³-hybridized carbons (Fsp3) is 0.900. The molecule has 0 aromatic carbocycles. The zero-order chi connectivity index (χ0) is 9.98. The van der Waals surface area contributed by atoms with Gasteiger partial charge < -0.3 is 4.79 Å². The van der Waals surface area contributed by atoms with Crippen LogP contribution < -0.4 is 0 Å².